The molecular weight excluding hydrogens is 342 g/mol. The van der Waals surface area contributed by atoms with Gasteiger partial charge in [-0.3, -0.25) is 14.5 Å². The fourth-order valence-corrected chi connectivity index (χ4v) is 2.32. The molecule has 2 rings (SSSR count). The van der Waals surface area contributed by atoms with Gasteiger partial charge in [0.2, 0.25) is 11.8 Å². The van der Waals surface area contributed by atoms with Gasteiger partial charge in [-0.25, -0.2) is 8.78 Å². The zero-order valence-electron chi connectivity index (χ0n) is 14.8. The molecule has 0 atom stereocenters. The number of carbonyl (C=O) groups is 2. The average molecular weight is 362 g/mol. The topological polar surface area (TPSA) is 58.6 Å². The third kappa shape index (κ3) is 5.02. The highest BCUT2D eigenvalue weighted by Crippen LogP contribution is 2.29. The van der Waals surface area contributed by atoms with Gasteiger partial charge in [0.25, 0.3) is 0 Å². The van der Waals surface area contributed by atoms with Gasteiger partial charge in [-0.1, -0.05) is 12.1 Å². The van der Waals surface area contributed by atoms with Gasteiger partial charge in [0, 0.05) is 13.0 Å². The molecule has 0 radical (unpaired) electrons. The number of ether oxygens (including phenoxy) is 1. The second kappa shape index (κ2) is 8.42. The average Bonchev–Trinajstić information content (AvgIpc) is 2.55. The van der Waals surface area contributed by atoms with Crippen LogP contribution in [0.5, 0.6) is 5.75 Å². The number of halogens is 2. The third-order valence-corrected chi connectivity index (χ3v) is 3.41. The van der Waals surface area contributed by atoms with Crippen molar-refractivity contribution in [3.05, 3.63) is 54.1 Å². The van der Waals surface area contributed by atoms with Gasteiger partial charge >= 0.3 is 0 Å². The fraction of sp³-hybridized carbons (Fsp3) is 0.263. The Morgan fingerprint density at radius 2 is 1.85 bits per heavy atom. The Hall–Kier alpha value is -2.96. The van der Waals surface area contributed by atoms with Crippen molar-refractivity contribution >= 4 is 23.2 Å². The van der Waals surface area contributed by atoms with Gasteiger partial charge in [0.1, 0.15) is 23.9 Å². The maximum absolute atomic E-state index is 13.7. The van der Waals surface area contributed by atoms with Crippen LogP contribution in [-0.4, -0.2) is 24.5 Å². The number of amides is 2. The number of nitrogens with zero attached hydrogens (tertiary/aromatic N) is 1. The Morgan fingerprint density at radius 1 is 1.15 bits per heavy atom. The number of hydrogen-bond acceptors (Lipinski definition) is 3. The Kier molecular flexibility index (Phi) is 6.27. The highest BCUT2D eigenvalue weighted by molar-refractivity contribution is 6.02. The van der Waals surface area contributed by atoms with Crippen molar-refractivity contribution < 1.29 is 23.1 Å². The summed E-state index contributed by atoms with van der Waals surface area (Å²) in [7, 11) is 0. The summed E-state index contributed by atoms with van der Waals surface area (Å²) in [4.78, 5) is 25.5. The van der Waals surface area contributed by atoms with E-state index in [0.717, 1.165) is 12.1 Å². The highest BCUT2D eigenvalue weighted by atomic mass is 19.1. The summed E-state index contributed by atoms with van der Waals surface area (Å²) in [6.07, 6.45) is -0.118. The molecule has 0 saturated heterocycles. The molecule has 138 valence electrons. The lowest BCUT2D eigenvalue weighted by atomic mass is 10.2. The second-order valence-corrected chi connectivity index (χ2v) is 5.91. The van der Waals surface area contributed by atoms with Crippen LogP contribution in [0.15, 0.2) is 42.5 Å². The number of rotatable bonds is 6. The van der Waals surface area contributed by atoms with E-state index in [1.54, 1.807) is 24.3 Å². The summed E-state index contributed by atoms with van der Waals surface area (Å²) < 4.78 is 32.3. The van der Waals surface area contributed by atoms with E-state index in [0.29, 0.717) is 17.5 Å². The number of nitrogens with one attached hydrogen (secondary N) is 1. The van der Waals surface area contributed by atoms with Crippen molar-refractivity contribution in [2.75, 3.05) is 16.8 Å². The van der Waals surface area contributed by atoms with Gasteiger partial charge in [-0.05, 0) is 38.1 Å². The van der Waals surface area contributed by atoms with Gasteiger partial charge in [-0.2, -0.15) is 0 Å². The molecule has 26 heavy (non-hydrogen) atoms. The van der Waals surface area contributed by atoms with Crippen molar-refractivity contribution in [3.63, 3.8) is 0 Å². The normalized spacial score (nSPS) is 10.5. The molecule has 0 spiro atoms. The molecule has 0 aromatic heterocycles. The van der Waals surface area contributed by atoms with Crippen LogP contribution < -0.4 is 15.0 Å². The summed E-state index contributed by atoms with van der Waals surface area (Å²) in [5.41, 5.74) is 0.273. The standard InChI is InChI=1S/C19H20F2N2O3/c1-12(2)26-18-7-5-4-6-17(18)23(13(3)24)11-19(25)22-16-9-8-14(20)10-15(16)21/h4-10,12H,11H2,1-3H3,(H,22,25). The molecule has 0 heterocycles. The van der Waals surface area contributed by atoms with E-state index in [2.05, 4.69) is 5.32 Å². The van der Waals surface area contributed by atoms with Crippen LogP contribution in [-0.2, 0) is 9.59 Å². The van der Waals surface area contributed by atoms with Gasteiger partial charge in [0.05, 0.1) is 17.5 Å². The van der Waals surface area contributed by atoms with Gasteiger partial charge < -0.3 is 10.1 Å². The zero-order chi connectivity index (χ0) is 19.3. The molecule has 0 unspecified atom stereocenters. The smallest absolute Gasteiger partial charge is 0.244 e. The molecule has 0 aliphatic heterocycles. The number of carbonyl (C=O) groups excluding carboxylic acids is 2. The summed E-state index contributed by atoms with van der Waals surface area (Å²) in [6.45, 7) is 4.67. The summed E-state index contributed by atoms with van der Waals surface area (Å²) in [6, 6.07) is 9.66. The third-order valence-electron chi connectivity index (χ3n) is 3.41. The molecule has 0 aliphatic carbocycles. The molecule has 1 N–H and O–H groups in total. The predicted octanol–water partition coefficient (Wildman–Crippen LogP) is 3.74. The van der Waals surface area contributed by atoms with Crippen LogP contribution in [0, 0.1) is 11.6 Å². The molecule has 5 nitrogen and oxygen atoms in total. The van der Waals surface area contributed by atoms with Crippen LogP contribution in [0.1, 0.15) is 20.8 Å². The number of para-hydroxylation sites is 2. The Morgan fingerprint density at radius 3 is 2.46 bits per heavy atom. The van der Waals surface area contributed by atoms with Crippen molar-refractivity contribution in [3.8, 4) is 5.75 Å². The van der Waals surface area contributed by atoms with E-state index in [-0.39, 0.29) is 24.2 Å². The molecule has 2 aromatic carbocycles. The monoisotopic (exact) mass is 362 g/mol. The number of benzene rings is 2. The Balaban J connectivity index is 2.21. The van der Waals surface area contributed by atoms with Crippen LogP contribution in [0.3, 0.4) is 0 Å². The molecular formula is C19H20F2N2O3. The van der Waals surface area contributed by atoms with Crippen molar-refractivity contribution in [2.45, 2.75) is 26.9 Å². The van der Waals surface area contributed by atoms with E-state index in [4.69, 9.17) is 4.74 Å². The van der Waals surface area contributed by atoms with Crippen molar-refractivity contribution in [2.24, 2.45) is 0 Å². The highest BCUT2D eigenvalue weighted by Gasteiger charge is 2.20. The molecule has 2 aromatic rings. The first-order valence-corrected chi connectivity index (χ1v) is 8.06. The van der Waals surface area contributed by atoms with E-state index < -0.39 is 17.5 Å². The van der Waals surface area contributed by atoms with Gasteiger partial charge in [0.15, 0.2) is 0 Å². The largest absolute Gasteiger partial charge is 0.489 e. The fourth-order valence-electron chi connectivity index (χ4n) is 2.32. The van der Waals surface area contributed by atoms with Crippen LogP contribution >= 0.6 is 0 Å². The van der Waals surface area contributed by atoms with E-state index >= 15 is 0 Å². The molecule has 0 bridgehead atoms. The number of hydrogen-bond donors (Lipinski definition) is 1. The van der Waals surface area contributed by atoms with Crippen molar-refractivity contribution in [1.29, 1.82) is 0 Å². The maximum Gasteiger partial charge on any atom is 0.244 e. The lowest BCUT2D eigenvalue weighted by Gasteiger charge is -2.24. The molecule has 0 aliphatic rings. The van der Waals surface area contributed by atoms with E-state index in [1.807, 2.05) is 13.8 Å². The molecule has 7 heteroatoms. The first-order valence-electron chi connectivity index (χ1n) is 8.06. The van der Waals surface area contributed by atoms with Gasteiger partial charge in [-0.15, -0.1) is 0 Å². The molecule has 0 saturated carbocycles. The Bertz CT molecular complexity index is 809. The maximum atomic E-state index is 13.7. The first-order chi connectivity index (χ1) is 12.3. The van der Waals surface area contributed by atoms with E-state index in [1.165, 1.54) is 11.8 Å². The first kappa shape index (κ1) is 19.4. The molecule has 2 amide bonds. The van der Waals surface area contributed by atoms with Crippen LogP contribution in [0.2, 0.25) is 0 Å². The minimum atomic E-state index is -0.892. The lowest BCUT2D eigenvalue weighted by molar-refractivity contribution is -0.120. The lowest BCUT2D eigenvalue weighted by Crippen LogP contribution is -2.37. The SMILES string of the molecule is CC(=O)N(CC(=O)Nc1ccc(F)cc1F)c1ccccc1OC(C)C. The summed E-state index contributed by atoms with van der Waals surface area (Å²) in [5, 5.41) is 2.34. The minimum Gasteiger partial charge on any atom is -0.489 e. The summed E-state index contributed by atoms with van der Waals surface area (Å²) >= 11 is 0. The summed E-state index contributed by atoms with van der Waals surface area (Å²) in [5.74, 6) is -2.18. The predicted molar refractivity (Wildman–Crippen MR) is 95.2 cm³/mol. The zero-order valence-corrected chi connectivity index (χ0v) is 14.8. The minimum absolute atomic E-state index is 0.118. The number of anilines is 2. The Labute approximate surface area is 150 Å². The van der Waals surface area contributed by atoms with Crippen LogP contribution in [0.4, 0.5) is 20.2 Å². The second-order valence-electron chi connectivity index (χ2n) is 5.91. The van der Waals surface area contributed by atoms with Crippen molar-refractivity contribution in [1.82, 2.24) is 0 Å². The van der Waals surface area contributed by atoms with Crippen LogP contribution in [0.25, 0.3) is 0 Å². The molecule has 0 fully saturated rings. The van der Waals surface area contributed by atoms with E-state index in [9.17, 15) is 18.4 Å². The quantitative estimate of drug-likeness (QED) is 0.852.